The Morgan fingerprint density at radius 3 is 2.21 bits per heavy atom. The molecule has 0 aliphatic rings. The van der Waals surface area contributed by atoms with Gasteiger partial charge in [-0.15, -0.1) is 0 Å². The second-order valence-electron chi connectivity index (χ2n) is 8.23. The Balaban J connectivity index is 1.82. The van der Waals surface area contributed by atoms with Crippen molar-refractivity contribution in [1.29, 1.82) is 0 Å². The monoisotopic (exact) mass is 383 g/mol. The average Bonchev–Trinajstić information content (AvgIpc) is 3.08. The maximum atomic E-state index is 5.06. The van der Waals surface area contributed by atoms with Gasteiger partial charge in [-0.25, -0.2) is 0 Å². The van der Waals surface area contributed by atoms with Gasteiger partial charge in [0.15, 0.2) is 0 Å². The van der Waals surface area contributed by atoms with Crippen LogP contribution in [0, 0.1) is 5.92 Å². The van der Waals surface area contributed by atoms with Crippen LogP contribution >= 0.6 is 0 Å². The zero-order valence-electron chi connectivity index (χ0n) is 17.5. The van der Waals surface area contributed by atoms with Crippen LogP contribution in [-0.2, 0) is 6.54 Å². The fourth-order valence-corrected chi connectivity index (χ4v) is 4.06. The number of fused-ring (bicyclic) bond motifs is 1. The Morgan fingerprint density at radius 1 is 0.828 bits per heavy atom. The van der Waals surface area contributed by atoms with Gasteiger partial charge in [-0.2, -0.15) is 5.10 Å². The molecule has 0 bridgehead atoms. The lowest BCUT2D eigenvalue weighted by atomic mass is 10.0. The summed E-state index contributed by atoms with van der Waals surface area (Å²) in [5.74, 6) is 0.658. The lowest BCUT2D eigenvalue weighted by molar-refractivity contribution is 0.540. The van der Waals surface area contributed by atoms with Gasteiger partial charge < -0.3 is 5.32 Å². The molecule has 4 rings (SSSR count). The van der Waals surface area contributed by atoms with Gasteiger partial charge in [-0.3, -0.25) is 4.68 Å². The molecule has 3 nitrogen and oxygen atoms in total. The fraction of sp³-hybridized carbons (Fsp3) is 0.269. The highest BCUT2D eigenvalue weighted by Gasteiger charge is 2.17. The van der Waals surface area contributed by atoms with E-state index in [0.717, 1.165) is 35.4 Å². The second kappa shape index (κ2) is 8.52. The Bertz CT molecular complexity index is 1070. The highest BCUT2D eigenvalue weighted by Crippen LogP contribution is 2.34. The van der Waals surface area contributed by atoms with Crippen LogP contribution in [0.4, 0.5) is 5.69 Å². The molecular formula is C26H29N3. The summed E-state index contributed by atoms with van der Waals surface area (Å²) in [5, 5.41) is 10.0. The van der Waals surface area contributed by atoms with Gasteiger partial charge in [-0.05, 0) is 37.0 Å². The van der Waals surface area contributed by atoms with Crippen molar-refractivity contribution in [2.45, 2.75) is 39.8 Å². The zero-order valence-corrected chi connectivity index (χ0v) is 17.5. The lowest BCUT2D eigenvalue weighted by Gasteiger charge is -2.18. The first-order valence-corrected chi connectivity index (χ1v) is 10.5. The number of aromatic nitrogens is 2. The molecule has 29 heavy (non-hydrogen) atoms. The molecule has 0 amide bonds. The van der Waals surface area contributed by atoms with Crippen LogP contribution in [0.15, 0.2) is 78.9 Å². The molecule has 1 heterocycles. The molecule has 0 saturated carbocycles. The molecule has 0 aliphatic carbocycles. The van der Waals surface area contributed by atoms with Crippen molar-refractivity contribution in [3.05, 3.63) is 84.4 Å². The standard InChI is InChI=1S/C26H29N3/c1-19(2)17-20(3)27-23-15-10-16-24-25(23)26(22-13-8-5-9-14-22)28-29(24)18-21-11-6-4-7-12-21/h4-16,19-20,27H,17-18H2,1-3H3. The zero-order chi connectivity index (χ0) is 20.2. The average molecular weight is 384 g/mol. The van der Waals surface area contributed by atoms with Gasteiger partial charge in [0.25, 0.3) is 0 Å². The van der Waals surface area contributed by atoms with Crippen LogP contribution < -0.4 is 5.32 Å². The Labute approximate surface area is 173 Å². The minimum absolute atomic E-state index is 0.404. The van der Waals surface area contributed by atoms with Crippen molar-refractivity contribution in [1.82, 2.24) is 9.78 Å². The van der Waals surface area contributed by atoms with E-state index in [2.05, 4.69) is 110 Å². The van der Waals surface area contributed by atoms with Crippen molar-refractivity contribution in [3.63, 3.8) is 0 Å². The molecule has 3 heteroatoms. The molecule has 0 radical (unpaired) electrons. The first-order chi connectivity index (χ1) is 14.1. The molecule has 3 aromatic carbocycles. The maximum Gasteiger partial charge on any atom is 0.102 e. The number of rotatable bonds is 7. The smallest absolute Gasteiger partial charge is 0.102 e. The van der Waals surface area contributed by atoms with Crippen LogP contribution in [0.25, 0.3) is 22.2 Å². The van der Waals surface area contributed by atoms with E-state index < -0.39 is 0 Å². The predicted molar refractivity (Wildman–Crippen MR) is 123 cm³/mol. The molecule has 1 aromatic heterocycles. The lowest BCUT2D eigenvalue weighted by Crippen LogP contribution is -2.17. The fourth-order valence-electron chi connectivity index (χ4n) is 4.06. The molecule has 148 valence electrons. The molecule has 0 spiro atoms. The van der Waals surface area contributed by atoms with Crippen molar-refractivity contribution in [3.8, 4) is 11.3 Å². The topological polar surface area (TPSA) is 29.9 Å². The molecule has 1 unspecified atom stereocenters. The number of hydrogen-bond acceptors (Lipinski definition) is 2. The predicted octanol–water partition coefficient (Wildman–Crippen LogP) is 6.60. The molecule has 1 atom stereocenters. The number of nitrogens with one attached hydrogen (secondary N) is 1. The Kier molecular flexibility index (Phi) is 5.66. The Hall–Kier alpha value is -3.07. The second-order valence-corrected chi connectivity index (χ2v) is 8.23. The van der Waals surface area contributed by atoms with E-state index in [-0.39, 0.29) is 0 Å². The van der Waals surface area contributed by atoms with E-state index in [4.69, 9.17) is 5.10 Å². The van der Waals surface area contributed by atoms with E-state index in [0.29, 0.717) is 12.0 Å². The third kappa shape index (κ3) is 4.34. The van der Waals surface area contributed by atoms with Gasteiger partial charge in [0.2, 0.25) is 0 Å². The SMILES string of the molecule is CC(C)CC(C)Nc1cccc2c1c(-c1ccccc1)nn2Cc1ccccc1. The molecular weight excluding hydrogens is 354 g/mol. The molecule has 0 fully saturated rings. The van der Waals surface area contributed by atoms with E-state index in [1.54, 1.807) is 0 Å². The molecule has 4 aromatic rings. The normalized spacial score (nSPS) is 12.4. The number of hydrogen-bond donors (Lipinski definition) is 1. The Morgan fingerprint density at radius 2 is 1.52 bits per heavy atom. The number of nitrogens with zero attached hydrogens (tertiary/aromatic N) is 2. The van der Waals surface area contributed by atoms with E-state index in [9.17, 15) is 0 Å². The van der Waals surface area contributed by atoms with Gasteiger partial charge in [0, 0.05) is 17.3 Å². The van der Waals surface area contributed by atoms with Gasteiger partial charge in [-0.1, -0.05) is 80.6 Å². The summed E-state index contributed by atoms with van der Waals surface area (Å²) in [6, 6.07) is 27.9. The van der Waals surface area contributed by atoms with Crippen molar-refractivity contribution in [2.24, 2.45) is 5.92 Å². The summed E-state index contributed by atoms with van der Waals surface area (Å²) in [5.41, 5.74) is 5.76. The molecule has 0 aliphatic heterocycles. The van der Waals surface area contributed by atoms with Crippen LogP contribution in [0.3, 0.4) is 0 Å². The van der Waals surface area contributed by atoms with E-state index in [1.807, 2.05) is 0 Å². The minimum Gasteiger partial charge on any atom is -0.382 e. The van der Waals surface area contributed by atoms with Crippen LogP contribution in [0.1, 0.15) is 32.8 Å². The van der Waals surface area contributed by atoms with Crippen LogP contribution in [-0.4, -0.2) is 15.8 Å². The van der Waals surface area contributed by atoms with Crippen molar-refractivity contribution in [2.75, 3.05) is 5.32 Å². The summed E-state index contributed by atoms with van der Waals surface area (Å²) in [4.78, 5) is 0. The quantitative estimate of drug-likeness (QED) is 0.390. The van der Waals surface area contributed by atoms with Crippen LogP contribution in [0.2, 0.25) is 0 Å². The van der Waals surface area contributed by atoms with E-state index >= 15 is 0 Å². The van der Waals surface area contributed by atoms with Crippen LogP contribution in [0.5, 0.6) is 0 Å². The highest BCUT2D eigenvalue weighted by atomic mass is 15.3. The maximum absolute atomic E-state index is 5.06. The van der Waals surface area contributed by atoms with Crippen molar-refractivity contribution < 1.29 is 0 Å². The largest absolute Gasteiger partial charge is 0.382 e. The summed E-state index contributed by atoms with van der Waals surface area (Å²) in [6.45, 7) is 7.56. The first kappa shape index (κ1) is 19.3. The number of anilines is 1. The molecule has 1 N–H and O–H groups in total. The summed E-state index contributed by atoms with van der Waals surface area (Å²) in [6.07, 6.45) is 1.13. The van der Waals surface area contributed by atoms with Gasteiger partial charge in [0.1, 0.15) is 5.69 Å². The van der Waals surface area contributed by atoms with Crippen molar-refractivity contribution >= 4 is 16.6 Å². The van der Waals surface area contributed by atoms with Gasteiger partial charge in [0.05, 0.1) is 17.4 Å². The first-order valence-electron chi connectivity index (χ1n) is 10.5. The molecule has 0 saturated heterocycles. The van der Waals surface area contributed by atoms with E-state index in [1.165, 1.54) is 10.9 Å². The third-order valence-corrected chi connectivity index (χ3v) is 5.23. The number of benzene rings is 3. The summed E-state index contributed by atoms with van der Waals surface area (Å²) < 4.78 is 2.13. The third-order valence-electron chi connectivity index (χ3n) is 5.23. The van der Waals surface area contributed by atoms with Gasteiger partial charge >= 0.3 is 0 Å². The minimum atomic E-state index is 0.404. The highest BCUT2D eigenvalue weighted by molar-refractivity contribution is 6.02. The summed E-state index contributed by atoms with van der Waals surface area (Å²) >= 11 is 0. The summed E-state index contributed by atoms with van der Waals surface area (Å²) in [7, 11) is 0.